The largest absolute Gasteiger partial charge is 0.507 e. The minimum absolute atomic E-state index is 0.0574. The smallest absolute Gasteiger partial charge is 0.137 e. The van der Waals surface area contributed by atoms with Crippen molar-refractivity contribution < 1.29 is 9.84 Å². The van der Waals surface area contributed by atoms with Gasteiger partial charge in [0, 0.05) is 16.7 Å². The van der Waals surface area contributed by atoms with E-state index in [1.54, 1.807) is 6.07 Å². The zero-order chi connectivity index (χ0) is 12.0. The Bertz CT molecular complexity index is 596. The maximum Gasteiger partial charge on any atom is 0.137 e. The number of phenolic OH excluding ortho intramolecular Hbond substituents is 1. The summed E-state index contributed by atoms with van der Waals surface area (Å²) < 4.78 is 5.68. The molecule has 0 aliphatic carbocycles. The highest BCUT2D eigenvalue weighted by Gasteiger charge is 2.28. The molecule has 2 aromatic carbocycles. The van der Waals surface area contributed by atoms with Gasteiger partial charge in [-0.3, -0.25) is 0 Å². The van der Waals surface area contributed by atoms with Crippen LogP contribution in [0.3, 0.4) is 0 Å². The first-order valence-electron chi connectivity index (χ1n) is 5.10. The number of aromatic hydroxyl groups is 1. The topological polar surface area (TPSA) is 29.5 Å². The van der Waals surface area contributed by atoms with Gasteiger partial charge in [-0.1, -0.05) is 29.8 Å². The lowest BCUT2D eigenvalue weighted by molar-refractivity contribution is 0.430. The quantitative estimate of drug-likeness (QED) is 0.713. The Balaban J connectivity index is 2.23. The van der Waals surface area contributed by atoms with E-state index in [4.69, 9.17) is 27.9 Å². The summed E-state index contributed by atoms with van der Waals surface area (Å²) >= 11 is 12.2. The van der Waals surface area contributed by atoms with Crippen molar-refractivity contribution in [2.45, 2.75) is 5.38 Å². The third kappa shape index (κ3) is 1.65. The lowest BCUT2D eigenvalue weighted by Crippen LogP contribution is -2.05. The molecular weight excluding hydrogens is 259 g/mol. The Morgan fingerprint density at radius 3 is 2.71 bits per heavy atom. The second kappa shape index (κ2) is 3.83. The van der Waals surface area contributed by atoms with Crippen molar-refractivity contribution in [1.29, 1.82) is 0 Å². The van der Waals surface area contributed by atoms with Crippen LogP contribution in [0.4, 0.5) is 0 Å². The first-order valence-corrected chi connectivity index (χ1v) is 5.91. The van der Waals surface area contributed by atoms with Crippen molar-refractivity contribution >= 4 is 23.2 Å². The maximum absolute atomic E-state index is 9.88. The predicted octanol–water partition coefficient (Wildman–Crippen LogP) is 4.48. The molecule has 0 bridgehead atoms. The maximum atomic E-state index is 9.88. The Hall–Kier alpha value is -1.38. The van der Waals surface area contributed by atoms with Crippen LogP contribution < -0.4 is 4.74 Å². The molecule has 4 heteroatoms. The number of benzene rings is 2. The third-order valence-electron chi connectivity index (χ3n) is 2.75. The van der Waals surface area contributed by atoms with Gasteiger partial charge in [0.1, 0.15) is 17.2 Å². The van der Waals surface area contributed by atoms with Crippen molar-refractivity contribution in [3.8, 4) is 17.2 Å². The molecular formula is C13H8Cl2O2. The van der Waals surface area contributed by atoms with Crippen LogP contribution in [0.15, 0.2) is 36.4 Å². The van der Waals surface area contributed by atoms with Crippen LogP contribution in [-0.2, 0) is 0 Å². The molecule has 2 nitrogen and oxygen atoms in total. The van der Waals surface area contributed by atoms with E-state index >= 15 is 0 Å². The van der Waals surface area contributed by atoms with Gasteiger partial charge in [-0.25, -0.2) is 0 Å². The number of alkyl halides is 1. The second-order valence-corrected chi connectivity index (χ2v) is 4.71. The number of phenols is 1. The van der Waals surface area contributed by atoms with Crippen molar-refractivity contribution in [2.75, 3.05) is 0 Å². The summed E-state index contributed by atoms with van der Waals surface area (Å²) in [5.41, 5.74) is 1.41. The highest BCUT2D eigenvalue weighted by Crippen LogP contribution is 2.50. The van der Waals surface area contributed by atoms with Gasteiger partial charge in [-0.15, -0.1) is 11.6 Å². The van der Waals surface area contributed by atoms with E-state index in [1.165, 1.54) is 6.07 Å². The monoisotopic (exact) mass is 266 g/mol. The van der Waals surface area contributed by atoms with Crippen LogP contribution in [-0.4, -0.2) is 5.11 Å². The fourth-order valence-electron chi connectivity index (χ4n) is 1.98. The molecule has 0 amide bonds. The standard InChI is InChI=1S/C13H8Cl2O2/c14-7-5-9(16)12-11(6-7)17-10-4-2-1-3-8(10)13(12)15/h1-6,13,16H. The van der Waals surface area contributed by atoms with Gasteiger partial charge in [0.15, 0.2) is 0 Å². The molecule has 0 spiro atoms. The summed E-state index contributed by atoms with van der Waals surface area (Å²) in [6, 6.07) is 10.6. The number of rotatable bonds is 0. The first kappa shape index (κ1) is 10.8. The molecule has 2 aromatic rings. The fourth-order valence-corrected chi connectivity index (χ4v) is 2.58. The number of ether oxygens (including phenoxy) is 1. The van der Waals surface area contributed by atoms with Gasteiger partial charge in [-0.2, -0.15) is 0 Å². The Labute approximate surface area is 108 Å². The van der Waals surface area contributed by atoms with E-state index < -0.39 is 5.38 Å². The summed E-state index contributed by atoms with van der Waals surface area (Å²) in [5.74, 6) is 1.26. The molecule has 17 heavy (non-hydrogen) atoms. The van der Waals surface area contributed by atoms with E-state index in [2.05, 4.69) is 0 Å². The van der Waals surface area contributed by atoms with Crippen LogP contribution in [0.5, 0.6) is 17.2 Å². The van der Waals surface area contributed by atoms with Crippen molar-refractivity contribution in [1.82, 2.24) is 0 Å². The number of para-hydroxylation sites is 1. The van der Waals surface area contributed by atoms with Crippen LogP contribution in [0.25, 0.3) is 0 Å². The molecule has 1 unspecified atom stereocenters. The SMILES string of the molecule is Oc1cc(Cl)cc2c1C(Cl)c1ccccc1O2. The average Bonchev–Trinajstić information content (AvgIpc) is 2.28. The number of hydrogen-bond acceptors (Lipinski definition) is 2. The number of fused-ring (bicyclic) bond motifs is 2. The highest BCUT2D eigenvalue weighted by molar-refractivity contribution is 6.31. The van der Waals surface area contributed by atoms with E-state index in [9.17, 15) is 5.11 Å². The lowest BCUT2D eigenvalue weighted by Gasteiger charge is -2.25. The van der Waals surface area contributed by atoms with Crippen molar-refractivity contribution in [3.63, 3.8) is 0 Å². The molecule has 1 aliphatic heterocycles. The minimum Gasteiger partial charge on any atom is -0.507 e. The van der Waals surface area contributed by atoms with Gasteiger partial charge >= 0.3 is 0 Å². The molecule has 3 rings (SSSR count). The van der Waals surface area contributed by atoms with E-state index in [0.717, 1.165) is 5.56 Å². The molecule has 1 N–H and O–H groups in total. The van der Waals surface area contributed by atoms with Gasteiger partial charge in [0.2, 0.25) is 0 Å². The molecule has 86 valence electrons. The Morgan fingerprint density at radius 2 is 1.88 bits per heavy atom. The van der Waals surface area contributed by atoms with E-state index in [0.29, 0.717) is 22.1 Å². The molecule has 0 fully saturated rings. The molecule has 1 atom stereocenters. The molecule has 0 aromatic heterocycles. The van der Waals surface area contributed by atoms with Crippen LogP contribution in [0.1, 0.15) is 16.5 Å². The van der Waals surface area contributed by atoms with E-state index in [1.807, 2.05) is 24.3 Å². The van der Waals surface area contributed by atoms with Crippen molar-refractivity contribution in [2.24, 2.45) is 0 Å². The summed E-state index contributed by atoms with van der Waals surface area (Å²) in [6.45, 7) is 0. The van der Waals surface area contributed by atoms with Gasteiger partial charge in [0.05, 0.1) is 10.9 Å². The highest BCUT2D eigenvalue weighted by atomic mass is 35.5. The fraction of sp³-hybridized carbons (Fsp3) is 0.0769. The number of halogens is 2. The number of hydrogen-bond donors (Lipinski definition) is 1. The van der Waals surface area contributed by atoms with Gasteiger partial charge in [0.25, 0.3) is 0 Å². The summed E-state index contributed by atoms with van der Waals surface area (Å²) in [4.78, 5) is 0. The Kier molecular flexibility index (Phi) is 2.42. The van der Waals surface area contributed by atoms with E-state index in [-0.39, 0.29) is 5.75 Å². The summed E-state index contributed by atoms with van der Waals surface area (Å²) in [5, 5.41) is 9.88. The van der Waals surface area contributed by atoms with Gasteiger partial charge in [-0.05, 0) is 12.1 Å². The molecule has 0 radical (unpaired) electrons. The molecule has 1 heterocycles. The normalized spacial score (nSPS) is 16.9. The first-order chi connectivity index (χ1) is 8.16. The minimum atomic E-state index is -0.424. The van der Waals surface area contributed by atoms with Crippen LogP contribution in [0.2, 0.25) is 5.02 Å². The molecule has 0 saturated carbocycles. The molecule has 0 saturated heterocycles. The summed E-state index contributed by atoms with van der Waals surface area (Å²) in [6.07, 6.45) is 0. The zero-order valence-corrected chi connectivity index (χ0v) is 10.2. The average molecular weight is 267 g/mol. The third-order valence-corrected chi connectivity index (χ3v) is 3.42. The van der Waals surface area contributed by atoms with Gasteiger partial charge < -0.3 is 9.84 Å². The second-order valence-electron chi connectivity index (χ2n) is 3.84. The van der Waals surface area contributed by atoms with Crippen LogP contribution >= 0.6 is 23.2 Å². The zero-order valence-electron chi connectivity index (χ0n) is 8.65. The molecule has 1 aliphatic rings. The Morgan fingerprint density at radius 1 is 1.12 bits per heavy atom. The van der Waals surface area contributed by atoms with Crippen molar-refractivity contribution in [3.05, 3.63) is 52.5 Å². The summed E-state index contributed by atoms with van der Waals surface area (Å²) in [7, 11) is 0. The van der Waals surface area contributed by atoms with Crippen LogP contribution in [0, 0.1) is 0 Å². The lowest BCUT2D eigenvalue weighted by atomic mass is 9.99. The predicted molar refractivity (Wildman–Crippen MR) is 67.3 cm³/mol.